The molecule has 0 bridgehead atoms. The Morgan fingerprint density at radius 3 is 0.716 bits per heavy atom. The molecule has 0 aliphatic carbocycles. The van der Waals surface area contributed by atoms with Crippen molar-refractivity contribution in [3.05, 3.63) is 89.5 Å². The summed E-state index contributed by atoms with van der Waals surface area (Å²) in [6.45, 7) is 6.64. The van der Waals surface area contributed by atoms with Gasteiger partial charge in [0.2, 0.25) is 0 Å². The Morgan fingerprint density at radius 2 is 0.493 bits per heavy atom. The van der Waals surface area contributed by atoms with E-state index in [0.29, 0.717) is 36.0 Å². The molecule has 0 fully saturated rings. The molecule has 0 saturated heterocycles. The van der Waals surface area contributed by atoms with Crippen LogP contribution in [0.3, 0.4) is 0 Å². The van der Waals surface area contributed by atoms with Gasteiger partial charge in [0.1, 0.15) is 0 Å². The van der Waals surface area contributed by atoms with Gasteiger partial charge >= 0.3 is 39.0 Å². The van der Waals surface area contributed by atoms with Crippen molar-refractivity contribution in [2.75, 3.05) is 0 Å². The van der Waals surface area contributed by atoms with E-state index < -0.39 is 39.0 Å². The summed E-state index contributed by atoms with van der Waals surface area (Å²) < 4.78 is 102. The highest BCUT2D eigenvalue weighted by atomic mass is 32.3. The number of aryl methyl sites for hydroxylation is 3. The molecule has 67 heavy (non-hydrogen) atoms. The van der Waals surface area contributed by atoms with Crippen LogP contribution in [0.25, 0.3) is 0 Å². The Hall–Kier alpha value is -2.18. The standard InChI is InChI=1S/C54H87O9PS3/c1-4-7-10-13-16-19-22-25-28-31-40-49-43-34-37-46-52(49)65(55,56)61-64(62-66(57,58)53-47-38-35-44-50(53)41-32-29-26-23-20-17-14-11-8-5-2)63-67(59,60)54-48-39-36-45-51(54)42-33-30-27-24-21-18-15-12-9-6-3/h34-39,43-48H,4-33,40-42H2,1-3H3. The molecule has 0 aromatic heterocycles. The van der Waals surface area contributed by atoms with Crippen molar-refractivity contribution in [1.29, 1.82) is 0 Å². The second-order valence-electron chi connectivity index (χ2n) is 18.4. The van der Waals surface area contributed by atoms with Crippen LogP contribution < -0.4 is 0 Å². The first-order chi connectivity index (χ1) is 32.4. The van der Waals surface area contributed by atoms with Gasteiger partial charge in [-0.1, -0.05) is 249 Å². The van der Waals surface area contributed by atoms with Gasteiger partial charge < -0.3 is 0 Å². The van der Waals surface area contributed by atoms with Crippen LogP contribution in [0, 0.1) is 0 Å². The summed E-state index contributed by atoms with van der Waals surface area (Å²) in [5.74, 6) is 0. The molecule has 3 rings (SSSR count). The average Bonchev–Trinajstić information content (AvgIpc) is 3.30. The minimum atomic E-state index is -4.80. The molecule has 3 aromatic carbocycles. The highest BCUT2D eigenvalue weighted by molar-refractivity contribution is 7.96. The van der Waals surface area contributed by atoms with E-state index in [1.807, 2.05) is 0 Å². The van der Waals surface area contributed by atoms with Crippen molar-refractivity contribution >= 4 is 39.0 Å². The first kappa shape index (κ1) is 59.1. The molecule has 0 N–H and O–H groups in total. The van der Waals surface area contributed by atoms with Gasteiger partial charge in [0, 0.05) is 0 Å². The Bertz CT molecular complexity index is 1860. The van der Waals surface area contributed by atoms with Crippen LogP contribution in [0.4, 0.5) is 0 Å². The summed E-state index contributed by atoms with van der Waals surface area (Å²) in [6, 6.07) is 19.2. The van der Waals surface area contributed by atoms with E-state index in [-0.39, 0.29) is 14.7 Å². The molecule has 0 unspecified atom stereocenters. The van der Waals surface area contributed by atoms with E-state index in [0.717, 1.165) is 77.0 Å². The highest BCUT2D eigenvalue weighted by Crippen LogP contribution is 2.49. The number of unbranched alkanes of at least 4 members (excludes halogenated alkanes) is 27. The number of benzene rings is 3. The number of hydrogen-bond acceptors (Lipinski definition) is 9. The lowest BCUT2D eigenvalue weighted by Gasteiger charge is -2.19. The minimum Gasteiger partial charge on any atom is -0.194 e. The van der Waals surface area contributed by atoms with Crippen LogP contribution in [0.2, 0.25) is 0 Å². The smallest absolute Gasteiger partial charge is 0.194 e. The molecule has 13 heteroatoms. The van der Waals surface area contributed by atoms with Gasteiger partial charge in [-0.2, -0.15) is 37.2 Å². The number of hydrogen-bond donors (Lipinski definition) is 0. The van der Waals surface area contributed by atoms with E-state index in [4.69, 9.17) is 11.9 Å². The second kappa shape index (κ2) is 35.0. The molecular weight excluding hydrogens is 920 g/mol. The maximum Gasteiger partial charge on any atom is 0.381 e. The van der Waals surface area contributed by atoms with Crippen molar-refractivity contribution < 1.29 is 37.2 Å². The summed E-state index contributed by atoms with van der Waals surface area (Å²) in [5.41, 5.74) is 1.48. The maximum atomic E-state index is 14.2. The first-order valence-electron chi connectivity index (χ1n) is 26.3. The fourth-order valence-electron chi connectivity index (χ4n) is 8.67. The van der Waals surface area contributed by atoms with Gasteiger partial charge in [0.25, 0.3) is 0 Å². The molecule has 3 aromatic rings. The molecule has 380 valence electrons. The van der Waals surface area contributed by atoms with Gasteiger partial charge in [-0.25, -0.2) is 0 Å². The Balaban J connectivity index is 1.79. The van der Waals surface area contributed by atoms with Crippen LogP contribution in [0.15, 0.2) is 87.5 Å². The Morgan fingerprint density at radius 1 is 0.299 bits per heavy atom. The number of rotatable bonds is 42. The van der Waals surface area contributed by atoms with Crippen LogP contribution in [0.5, 0.6) is 0 Å². The van der Waals surface area contributed by atoms with Gasteiger partial charge in [-0.05, 0) is 73.4 Å². The molecule has 0 saturated carbocycles. The molecule has 0 heterocycles. The third kappa shape index (κ3) is 24.5. The summed E-state index contributed by atoms with van der Waals surface area (Å²) in [7, 11) is -18.0. The van der Waals surface area contributed by atoms with Gasteiger partial charge in [0.05, 0.1) is 14.7 Å². The normalized spacial score (nSPS) is 12.4. The van der Waals surface area contributed by atoms with E-state index in [9.17, 15) is 25.3 Å². The summed E-state index contributed by atoms with van der Waals surface area (Å²) in [6.07, 6.45) is 35.3. The Kier molecular flexibility index (Phi) is 30.9. The largest absolute Gasteiger partial charge is 0.381 e. The third-order valence-electron chi connectivity index (χ3n) is 12.6. The zero-order chi connectivity index (χ0) is 48.5. The fraction of sp³-hybridized carbons (Fsp3) is 0.667. The summed E-state index contributed by atoms with van der Waals surface area (Å²) >= 11 is 0. The van der Waals surface area contributed by atoms with Crippen LogP contribution in [-0.4, -0.2) is 25.3 Å². The van der Waals surface area contributed by atoms with E-state index >= 15 is 0 Å². The predicted molar refractivity (Wildman–Crippen MR) is 278 cm³/mol. The molecule has 0 radical (unpaired) electrons. The van der Waals surface area contributed by atoms with Crippen molar-refractivity contribution in [3.63, 3.8) is 0 Å². The average molecular weight is 1010 g/mol. The van der Waals surface area contributed by atoms with E-state index in [2.05, 4.69) is 20.8 Å². The van der Waals surface area contributed by atoms with Crippen molar-refractivity contribution in [1.82, 2.24) is 0 Å². The molecule has 0 amide bonds. The van der Waals surface area contributed by atoms with Crippen molar-refractivity contribution in [2.24, 2.45) is 0 Å². The SMILES string of the molecule is CCCCCCCCCCCCc1ccccc1S(=O)(=O)OP(OS(=O)(=O)c1ccccc1CCCCCCCCCCCC)OS(=O)(=O)c1ccccc1CCCCCCCCCCCC. The van der Waals surface area contributed by atoms with Crippen LogP contribution in [-0.2, 0) is 61.5 Å². The molecule has 0 spiro atoms. The zero-order valence-corrected chi connectivity index (χ0v) is 45.0. The lowest BCUT2D eigenvalue weighted by Crippen LogP contribution is -2.15. The predicted octanol–water partition coefficient (Wildman–Crippen LogP) is 16.8. The summed E-state index contributed by atoms with van der Waals surface area (Å²) in [5, 5.41) is 0. The quantitative estimate of drug-likeness (QED) is 0.0402. The molecule has 0 atom stereocenters. The van der Waals surface area contributed by atoms with Crippen molar-refractivity contribution in [3.8, 4) is 0 Å². The molecule has 0 aliphatic rings. The van der Waals surface area contributed by atoms with Crippen LogP contribution >= 0.6 is 8.60 Å². The van der Waals surface area contributed by atoms with Crippen molar-refractivity contribution in [2.45, 2.75) is 247 Å². The van der Waals surface area contributed by atoms with Crippen LogP contribution in [0.1, 0.15) is 230 Å². The highest BCUT2D eigenvalue weighted by Gasteiger charge is 2.37. The fourth-order valence-corrected chi connectivity index (χ4v) is 14.7. The molecule has 9 nitrogen and oxygen atoms in total. The second-order valence-corrected chi connectivity index (χ2v) is 24.7. The lowest BCUT2D eigenvalue weighted by molar-refractivity contribution is 0.378. The van der Waals surface area contributed by atoms with Gasteiger partial charge in [0.15, 0.2) is 0 Å². The molecule has 0 aliphatic heterocycles. The lowest BCUT2D eigenvalue weighted by atomic mass is 10.0. The van der Waals surface area contributed by atoms with E-state index in [1.165, 1.54) is 134 Å². The summed E-state index contributed by atoms with van der Waals surface area (Å²) in [4.78, 5) is -0.533. The Labute approximate surface area is 410 Å². The maximum absolute atomic E-state index is 14.2. The van der Waals surface area contributed by atoms with E-state index in [1.54, 1.807) is 54.6 Å². The topological polar surface area (TPSA) is 130 Å². The zero-order valence-electron chi connectivity index (χ0n) is 41.6. The minimum absolute atomic E-state index is 0.178. The van der Waals surface area contributed by atoms with Gasteiger partial charge in [-0.15, -0.1) is 0 Å². The molecular formula is C54H87O9PS3. The monoisotopic (exact) mass is 1010 g/mol. The first-order valence-corrected chi connectivity index (χ1v) is 31.6. The van der Waals surface area contributed by atoms with Gasteiger partial charge in [-0.3, -0.25) is 0 Å². The third-order valence-corrected chi connectivity index (χ3v) is 19.2.